The number of aliphatic hydroxyl groups is 1. The molecule has 0 aliphatic carbocycles. The van der Waals surface area contributed by atoms with E-state index in [-0.39, 0.29) is 6.61 Å². The number of rotatable bonds is 5. The van der Waals surface area contributed by atoms with Crippen molar-refractivity contribution in [2.24, 2.45) is 0 Å². The summed E-state index contributed by atoms with van der Waals surface area (Å²) in [7, 11) is 0. The highest BCUT2D eigenvalue weighted by Crippen LogP contribution is 2.22. The van der Waals surface area contributed by atoms with Crippen LogP contribution >= 0.6 is 11.6 Å². The van der Waals surface area contributed by atoms with Gasteiger partial charge < -0.3 is 9.84 Å². The summed E-state index contributed by atoms with van der Waals surface area (Å²) in [5, 5.41) is 9.97. The molecule has 0 amide bonds. The minimum atomic E-state index is 0.250. The predicted octanol–water partition coefficient (Wildman–Crippen LogP) is 2.48. The summed E-state index contributed by atoms with van der Waals surface area (Å²) >= 11 is 5.90. The van der Waals surface area contributed by atoms with Crippen molar-refractivity contribution in [3.8, 4) is 5.75 Å². The lowest BCUT2D eigenvalue weighted by atomic mass is 10.2. The zero-order chi connectivity index (χ0) is 13.0. The molecule has 18 heavy (non-hydrogen) atoms. The summed E-state index contributed by atoms with van der Waals surface area (Å²) in [5.41, 5.74) is 1.06. The first kappa shape index (κ1) is 13.7. The largest absolute Gasteiger partial charge is 0.492 e. The molecule has 0 saturated carbocycles. The van der Waals surface area contributed by atoms with Gasteiger partial charge in [0.05, 0.1) is 6.61 Å². The summed E-state index contributed by atoms with van der Waals surface area (Å²) in [6, 6.07) is 5.98. The van der Waals surface area contributed by atoms with Crippen LogP contribution in [0.15, 0.2) is 18.2 Å². The Morgan fingerprint density at radius 1 is 1.50 bits per heavy atom. The van der Waals surface area contributed by atoms with Crippen LogP contribution in [0.1, 0.15) is 18.4 Å². The van der Waals surface area contributed by atoms with Crippen LogP contribution in [-0.2, 0) is 0 Å². The molecule has 1 aliphatic heterocycles. The molecule has 3 nitrogen and oxygen atoms in total. The minimum Gasteiger partial charge on any atom is -0.492 e. The molecule has 1 aromatic carbocycles. The minimum absolute atomic E-state index is 0.250. The third kappa shape index (κ3) is 3.37. The molecule has 0 spiro atoms. The van der Waals surface area contributed by atoms with Crippen molar-refractivity contribution < 1.29 is 9.84 Å². The van der Waals surface area contributed by atoms with Crippen molar-refractivity contribution >= 4 is 11.6 Å². The Kier molecular flexibility index (Phi) is 4.87. The normalized spacial score (nSPS) is 20.3. The topological polar surface area (TPSA) is 32.7 Å². The van der Waals surface area contributed by atoms with Gasteiger partial charge in [-0.2, -0.15) is 0 Å². The Morgan fingerprint density at radius 3 is 3.06 bits per heavy atom. The highest BCUT2D eigenvalue weighted by molar-refractivity contribution is 6.30. The summed E-state index contributed by atoms with van der Waals surface area (Å²) in [4.78, 5) is 2.30. The van der Waals surface area contributed by atoms with Crippen LogP contribution in [-0.4, -0.2) is 42.4 Å². The highest BCUT2D eigenvalue weighted by Gasteiger charge is 2.23. The summed E-state index contributed by atoms with van der Waals surface area (Å²) in [5.74, 6) is 0.888. The van der Waals surface area contributed by atoms with E-state index in [1.807, 2.05) is 25.1 Å². The van der Waals surface area contributed by atoms with Crippen LogP contribution in [0.25, 0.3) is 0 Å². The van der Waals surface area contributed by atoms with Crippen LogP contribution in [0.3, 0.4) is 0 Å². The number of benzene rings is 1. The van der Waals surface area contributed by atoms with Gasteiger partial charge in [-0.15, -0.1) is 0 Å². The second-order valence-corrected chi connectivity index (χ2v) is 5.21. The van der Waals surface area contributed by atoms with E-state index >= 15 is 0 Å². The SMILES string of the molecule is Cc1cc(Cl)ccc1OCCN1CCCC1CO. The van der Waals surface area contributed by atoms with Gasteiger partial charge in [-0.25, -0.2) is 0 Å². The van der Waals surface area contributed by atoms with E-state index in [0.29, 0.717) is 12.6 Å². The van der Waals surface area contributed by atoms with Gasteiger partial charge >= 0.3 is 0 Å². The Labute approximate surface area is 113 Å². The second kappa shape index (κ2) is 6.41. The maximum Gasteiger partial charge on any atom is 0.122 e. The fourth-order valence-electron chi connectivity index (χ4n) is 2.44. The van der Waals surface area contributed by atoms with E-state index in [9.17, 15) is 5.11 Å². The van der Waals surface area contributed by atoms with E-state index in [1.54, 1.807) is 0 Å². The van der Waals surface area contributed by atoms with Gasteiger partial charge in [0.25, 0.3) is 0 Å². The van der Waals surface area contributed by atoms with Crippen LogP contribution in [0, 0.1) is 6.92 Å². The van der Waals surface area contributed by atoms with Crippen molar-refractivity contribution in [2.45, 2.75) is 25.8 Å². The van der Waals surface area contributed by atoms with Gasteiger partial charge in [0.1, 0.15) is 12.4 Å². The number of aryl methyl sites for hydroxylation is 1. The van der Waals surface area contributed by atoms with E-state index in [0.717, 1.165) is 35.8 Å². The molecule has 2 rings (SSSR count). The zero-order valence-corrected chi connectivity index (χ0v) is 11.5. The molecule has 100 valence electrons. The molecule has 1 saturated heterocycles. The quantitative estimate of drug-likeness (QED) is 0.891. The van der Waals surface area contributed by atoms with E-state index < -0.39 is 0 Å². The van der Waals surface area contributed by atoms with E-state index in [2.05, 4.69) is 4.90 Å². The number of hydrogen-bond donors (Lipinski definition) is 1. The fourth-order valence-corrected chi connectivity index (χ4v) is 2.67. The first-order chi connectivity index (χ1) is 8.70. The average Bonchev–Trinajstić information content (AvgIpc) is 2.79. The molecular formula is C14H20ClNO2. The standard InChI is InChI=1S/C14H20ClNO2/c1-11-9-12(15)4-5-14(11)18-8-7-16-6-2-3-13(16)10-17/h4-5,9,13,17H,2-3,6-8,10H2,1H3. The molecule has 0 radical (unpaired) electrons. The number of hydrogen-bond acceptors (Lipinski definition) is 3. The lowest BCUT2D eigenvalue weighted by Crippen LogP contribution is -2.35. The number of ether oxygens (including phenoxy) is 1. The fraction of sp³-hybridized carbons (Fsp3) is 0.571. The van der Waals surface area contributed by atoms with Crippen molar-refractivity contribution in [1.29, 1.82) is 0 Å². The lowest BCUT2D eigenvalue weighted by Gasteiger charge is -2.22. The third-order valence-corrected chi connectivity index (χ3v) is 3.72. The van der Waals surface area contributed by atoms with E-state index in [1.165, 1.54) is 6.42 Å². The van der Waals surface area contributed by atoms with Gasteiger partial charge in [-0.1, -0.05) is 11.6 Å². The van der Waals surface area contributed by atoms with Crippen molar-refractivity contribution in [1.82, 2.24) is 4.90 Å². The van der Waals surface area contributed by atoms with Crippen LogP contribution in [0.2, 0.25) is 5.02 Å². The molecule has 0 aromatic heterocycles. The maximum atomic E-state index is 9.23. The van der Waals surface area contributed by atoms with E-state index in [4.69, 9.17) is 16.3 Å². The lowest BCUT2D eigenvalue weighted by molar-refractivity contribution is 0.139. The molecular weight excluding hydrogens is 250 g/mol. The molecule has 1 unspecified atom stereocenters. The summed E-state index contributed by atoms with van der Waals surface area (Å²) < 4.78 is 5.76. The smallest absolute Gasteiger partial charge is 0.122 e. The molecule has 1 N–H and O–H groups in total. The molecule has 4 heteroatoms. The number of aliphatic hydroxyl groups excluding tert-OH is 1. The first-order valence-corrected chi connectivity index (χ1v) is 6.82. The first-order valence-electron chi connectivity index (χ1n) is 6.44. The second-order valence-electron chi connectivity index (χ2n) is 4.77. The molecule has 1 aliphatic rings. The number of halogens is 1. The number of likely N-dealkylation sites (tertiary alicyclic amines) is 1. The van der Waals surface area contributed by atoms with Gasteiger partial charge in [0.2, 0.25) is 0 Å². The molecule has 1 atom stereocenters. The monoisotopic (exact) mass is 269 g/mol. The Morgan fingerprint density at radius 2 is 2.33 bits per heavy atom. The van der Waals surface area contributed by atoms with Gasteiger partial charge in [-0.05, 0) is 50.1 Å². The Hall–Kier alpha value is -0.770. The zero-order valence-electron chi connectivity index (χ0n) is 10.7. The summed E-state index contributed by atoms with van der Waals surface area (Å²) in [6.45, 7) is 4.83. The number of nitrogens with zero attached hydrogens (tertiary/aromatic N) is 1. The Bertz CT molecular complexity index is 397. The molecule has 0 bridgehead atoms. The average molecular weight is 270 g/mol. The predicted molar refractivity (Wildman–Crippen MR) is 73.4 cm³/mol. The summed E-state index contributed by atoms with van der Waals surface area (Å²) in [6.07, 6.45) is 2.27. The van der Waals surface area contributed by atoms with Crippen LogP contribution < -0.4 is 4.74 Å². The van der Waals surface area contributed by atoms with Gasteiger partial charge in [0.15, 0.2) is 0 Å². The van der Waals surface area contributed by atoms with Crippen molar-refractivity contribution in [2.75, 3.05) is 26.3 Å². The third-order valence-electron chi connectivity index (χ3n) is 3.48. The van der Waals surface area contributed by atoms with Gasteiger partial charge in [-0.3, -0.25) is 4.90 Å². The molecule has 1 heterocycles. The Balaban J connectivity index is 1.81. The van der Waals surface area contributed by atoms with Crippen molar-refractivity contribution in [3.63, 3.8) is 0 Å². The van der Waals surface area contributed by atoms with Crippen LogP contribution in [0.5, 0.6) is 5.75 Å². The van der Waals surface area contributed by atoms with Gasteiger partial charge in [0, 0.05) is 17.6 Å². The van der Waals surface area contributed by atoms with Crippen LogP contribution in [0.4, 0.5) is 0 Å². The molecule has 1 fully saturated rings. The molecule has 1 aromatic rings. The maximum absolute atomic E-state index is 9.23. The highest BCUT2D eigenvalue weighted by atomic mass is 35.5. The van der Waals surface area contributed by atoms with Crippen molar-refractivity contribution in [3.05, 3.63) is 28.8 Å².